The number of aliphatic hydroxyl groups excluding tert-OH is 1. The second kappa shape index (κ2) is 10.00. The number of hydrogen-bond acceptors (Lipinski definition) is 6. The maximum Gasteiger partial charge on any atom is 0.419 e. The first-order valence-corrected chi connectivity index (χ1v) is 11.5. The second-order valence-electron chi connectivity index (χ2n) is 10.1. The summed E-state index contributed by atoms with van der Waals surface area (Å²) in [7, 11) is 1.46. The number of halogens is 4. The molecule has 2 aliphatic rings. The molecule has 4 atom stereocenters. The first kappa shape index (κ1) is 27.3. The van der Waals surface area contributed by atoms with Gasteiger partial charge in [-0.15, -0.1) is 0 Å². The van der Waals surface area contributed by atoms with Crippen molar-refractivity contribution in [3.63, 3.8) is 0 Å². The zero-order valence-corrected chi connectivity index (χ0v) is 20.5. The molecular weight excluding hydrogens is 470 g/mol. The van der Waals surface area contributed by atoms with Crippen molar-refractivity contribution in [2.24, 2.45) is 5.41 Å². The number of rotatable bonds is 5. The number of amides is 2. The summed E-state index contributed by atoms with van der Waals surface area (Å²) in [6.45, 7) is 7.90. The van der Waals surface area contributed by atoms with E-state index in [9.17, 15) is 32.3 Å². The molecule has 2 fully saturated rings. The van der Waals surface area contributed by atoms with E-state index < -0.39 is 47.2 Å². The molecule has 0 spiro atoms. The Kier molecular flexibility index (Phi) is 7.80. The van der Waals surface area contributed by atoms with E-state index in [4.69, 9.17) is 0 Å². The van der Waals surface area contributed by atoms with Gasteiger partial charge in [-0.3, -0.25) is 9.59 Å². The van der Waals surface area contributed by atoms with Gasteiger partial charge >= 0.3 is 6.18 Å². The van der Waals surface area contributed by atoms with Crippen LogP contribution in [0.15, 0.2) is 18.2 Å². The van der Waals surface area contributed by atoms with E-state index in [0.29, 0.717) is 6.54 Å². The molecule has 196 valence electrons. The molecule has 0 saturated carbocycles. The summed E-state index contributed by atoms with van der Waals surface area (Å²) >= 11 is 0. The topological polar surface area (TPSA) is 88.2 Å². The van der Waals surface area contributed by atoms with Crippen molar-refractivity contribution in [1.29, 1.82) is 0 Å². The molecule has 2 amide bonds. The Balaban J connectivity index is 1.93. The molecule has 12 heteroatoms. The number of hydrogen-bond donors (Lipinski definition) is 3. The molecule has 1 aromatic rings. The fraction of sp³-hybridized carbons (Fsp3) is 0.652. The Morgan fingerprint density at radius 3 is 2.43 bits per heavy atom. The first-order valence-electron chi connectivity index (χ1n) is 11.5. The zero-order valence-electron chi connectivity index (χ0n) is 20.5. The monoisotopic (exact) mass is 503 g/mol. The fourth-order valence-corrected chi connectivity index (χ4v) is 4.87. The average Bonchev–Trinajstić information content (AvgIpc) is 3.35. The number of aliphatic hydroxyl groups is 1. The van der Waals surface area contributed by atoms with Gasteiger partial charge in [-0.05, 0) is 23.1 Å². The van der Waals surface area contributed by atoms with Crippen molar-refractivity contribution >= 4 is 11.8 Å². The SMILES string of the molecule is CCN1NN([C@H](C(=O)N2C[C@H](O)C[C@H]2C(=O)NC)C(C)(C)C)CC1c1ccc(F)c(C(F)(F)F)c1. The van der Waals surface area contributed by atoms with Crippen molar-refractivity contribution in [1.82, 2.24) is 25.8 Å². The van der Waals surface area contributed by atoms with Crippen LogP contribution in [-0.2, 0) is 15.8 Å². The van der Waals surface area contributed by atoms with Gasteiger partial charge in [-0.25, -0.2) is 14.4 Å². The number of likely N-dealkylation sites (tertiary alicyclic amines) is 1. The smallest absolute Gasteiger partial charge is 0.391 e. The van der Waals surface area contributed by atoms with Gasteiger partial charge in [-0.2, -0.15) is 18.7 Å². The number of benzene rings is 1. The highest BCUT2D eigenvalue weighted by molar-refractivity contribution is 5.90. The van der Waals surface area contributed by atoms with Crippen LogP contribution in [0.1, 0.15) is 51.3 Å². The largest absolute Gasteiger partial charge is 0.419 e. The van der Waals surface area contributed by atoms with Crippen molar-refractivity contribution in [2.75, 3.05) is 26.7 Å². The van der Waals surface area contributed by atoms with E-state index in [1.165, 1.54) is 18.0 Å². The van der Waals surface area contributed by atoms with E-state index in [2.05, 4.69) is 10.9 Å². The number of nitrogens with zero attached hydrogens (tertiary/aromatic N) is 3. The van der Waals surface area contributed by atoms with Crippen molar-refractivity contribution < 1.29 is 32.3 Å². The number of alkyl halides is 3. The Hall–Kier alpha value is -2.28. The van der Waals surface area contributed by atoms with Crippen LogP contribution >= 0.6 is 0 Å². The van der Waals surface area contributed by atoms with Crippen LogP contribution in [-0.4, -0.2) is 76.7 Å². The minimum absolute atomic E-state index is 0.00512. The van der Waals surface area contributed by atoms with Gasteiger partial charge in [0.1, 0.15) is 17.9 Å². The van der Waals surface area contributed by atoms with Gasteiger partial charge in [-0.1, -0.05) is 33.8 Å². The Morgan fingerprint density at radius 1 is 1.23 bits per heavy atom. The molecule has 3 rings (SSSR count). The Labute approximate surface area is 202 Å². The summed E-state index contributed by atoms with van der Waals surface area (Å²) in [6.07, 6.45) is -5.55. The lowest BCUT2D eigenvalue weighted by Crippen LogP contribution is -2.60. The third kappa shape index (κ3) is 5.60. The molecule has 0 aromatic heterocycles. The number of nitrogens with one attached hydrogen (secondary N) is 2. The van der Waals surface area contributed by atoms with Crippen molar-refractivity contribution in [2.45, 2.75) is 64.5 Å². The minimum atomic E-state index is -4.84. The van der Waals surface area contributed by atoms with Crippen LogP contribution in [0.3, 0.4) is 0 Å². The maximum atomic E-state index is 13.9. The van der Waals surface area contributed by atoms with E-state index >= 15 is 0 Å². The number of hydrazine groups is 2. The minimum Gasteiger partial charge on any atom is -0.391 e. The van der Waals surface area contributed by atoms with Crippen LogP contribution in [0, 0.1) is 11.2 Å². The molecule has 35 heavy (non-hydrogen) atoms. The molecule has 3 N–H and O–H groups in total. The van der Waals surface area contributed by atoms with Crippen molar-refractivity contribution in [3.8, 4) is 0 Å². The lowest BCUT2D eigenvalue weighted by atomic mass is 9.85. The molecule has 8 nitrogen and oxygen atoms in total. The average molecular weight is 504 g/mol. The highest BCUT2D eigenvalue weighted by Gasteiger charge is 2.48. The Bertz CT molecular complexity index is 952. The predicted octanol–water partition coefficient (Wildman–Crippen LogP) is 2.07. The van der Waals surface area contributed by atoms with Crippen LogP contribution in [0.25, 0.3) is 0 Å². The van der Waals surface area contributed by atoms with E-state index in [1.807, 2.05) is 27.7 Å². The Morgan fingerprint density at radius 2 is 1.89 bits per heavy atom. The molecular formula is C23H33F4N5O3. The standard InChI is InChI=1S/C23H33F4N5O3/c1-6-31-18(13-7-8-16(24)15(9-13)23(25,26)27)12-32(29-31)19(22(2,3)4)21(35)30-11-14(33)10-17(30)20(34)28-5/h7-9,14,17-19,29,33H,6,10-12H2,1-5H3,(H,28,34)/t14-,17+,18?,19-/m1/s1. The highest BCUT2D eigenvalue weighted by atomic mass is 19.4. The van der Waals surface area contributed by atoms with E-state index in [-0.39, 0.29) is 36.9 Å². The van der Waals surface area contributed by atoms with Crippen LogP contribution in [0.5, 0.6) is 0 Å². The van der Waals surface area contributed by atoms with Crippen LogP contribution < -0.4 is 10.9 Å². The van der Waals surface area contributed by atoms with Gasteiger partial charge in [0, 0.05) is 33.1 Å². The second-order valence-corrected chi connectivity index (χ2v) is 10.1. The summed E-state index contributed by atoms with van der Waals surface area (Å²) in [5, 5.41) is 16.0. The normalized spacial score (nSPS) is 25.2. The summed E-state index contributed by atoms with van der Waals surface area (Å²) in [5.74, 6) is -2.10. The third-order valence-electron chi connectivity index (χ3n) is 6.50. The van der Waals surface area contributed by atoms with E-state index in [0.717, 1.165) is 12.1 Å². The van der Waals surface area contributed by atoms with E-state index in [1.54, 1.807) is 10.0 Å². The summed E-state index contributed by atoms with van der Waals surface area (Å²) in [6, 6.07) is 0.718. The molecule has 2 saturated heterocycles. The van der Waals surface area contributed by atoms with Crippen LogP contribution in [0.4, 0.5) is 17.6 Å². The lowest BCUT2D eigenvalue weighted by Gasteiger charge is -2.39. The molecule has 1 aromatic carbocycles. The predicted molar refractivity (Wildman–Crippen MR) is 120 cm³/mol. The van der Waals surface area contributed by atoms with Crippen molar-refractivity contribution in [3.05, 3.63) is 35.1 Å². The quantitative estimate of drug-likeness (QED) is 0.534. The molecule has 0 aliphatic carbocycles. The lowest BCUT2D eigenvalue weighted by molar-refractivity contribution is -0.148. The third-order valence-corrected chi connectivity index (χ3v) is 6.50. The van der Waals surface area contributed by atoms with Gasteiger partial charge in [0.25, 0.3) is 0 Å². The molecule has 0 bridgehead atoms. The fourth-order valence-electron chi connectivity index (χ4n) is 4.87. The van der Waals surface area contributed by atoms with Gasteiger partial charge < -0.3 is 15.3 Å². The number of carbonyl (C=O) groups excluding carboxylic acids is 2. The summed E-state index contributed by atoms with van der Waals surface area (Å²) in [4.78, 5) is 27.5. The zero-order chi connectivity index (χ0) is 26.3. The van der Waals surface area contributed by atoms with Gasteiger partial charge in [0.05, 0.1) is 17.7 Å². The van der Waals surface area contributed by atoms with Gasteiger partial charge in [0.2, 0.25) is 11.8 Å². The summed E-state index contributed by atoms with van der Waals surface area (Å²) in [5.41, 5.74) is 1.40. The highest BCUT2D eigenvalue weighted by Crippen LogP contribution is 2.37. The molecule has 2 aliphatic heterocycles. The van der Waals surface area contributed by atoms with Gasteiger partial charge in [0.15, 0.2) is 0 Å². The van der Waals surface area contributed by atoms with Crippen LogP contribution in [0.2, 0.25) is 0 Å². The molecule has 2 heterocycles. The number of likely N-dealkylation sites (N-methyl/N-ethyl adjacent to an activating group) is 2. The molecule has 1 unspecified atom stereocenters. The molecule has 0 radical (unpaired) electrons. The number of carbonyl (C=O) groups is 2. The number of β-amino-alcohol motifs (C(OH)–C–C–N with tert-alkyl or cyclic N) is 1. The first-order chi connectivity index (χ1) is 16.2. The maximum absolute atomic E-state index is 13.9. The summed E-state index contributed by atoms with van der Waals surface area (Å²) < 4.78 is 53.8.